The van der Waals surface area contributed by atoms with Crippen LogP contribution in [0.5, 0.6) is 0 Å². The summed E-state index contributed by atoms with van der Waals surface area (Å²) in [4.78, 5) is 22.1. The van der Waals surface area contributed by atoms with Crippen LogP contribution < -0.4 is 0 Å². The van der Waals surface area contributed by atoms with Crippen molar-refractivity contribution >= 4 is 177 Å². The van der Waals surface area contributed by atoms with E-state index in [1.165, 1.54) is 18.2 Å². The van der Waals surface area contributed by atoms with Crippen LogP contribution in [0.1, 0.15) is 43.0 Å². The zero-order valence-electron chi connectivity index (χ0n) is 15.7. The molecule has 0 aliphatic carbocycles. The Balaban J connectivity index is 0.000000340. The van der Waals surface area contributed by atoms with Crippen molar-refractivity contribution in [1.82, 2.24) is 0 Å². The summed E-state index contributed by atoms with van der Waals surface area (Å²) in [5.74, 6) is -2.22. The third-order valence-corrected chi connectivity index (χ3v) is 7.69. The molecule has 0 spiro atoms. The third-order valence-electron chi connectivity index (χ3n) is 3.77. The molecule has 0 fully saturated rings. The molecule has 188 valence electrons. The number of alkyl halides is 12. The van der Waals surface area contributed by atoms with E-state index in [9.17, 15) is 9.59 Å². The van der Waals surface area contributed by atoms with Gasteiger partial charge in [-0.1, -0.05) is 177 Å². The average molecular weight is 980 g/mol. The summed E-state index contributed by atoms with van der Waals surface area (Å²) < 4.78 is -5.01. The largest absolute Gasteiger partial charge is 0.478 e. The SMILES string of the molecule is O=C(O)c1ccc(C(Br)(Br)Br)cc1C(Br)(Br)Br.O=C(O)c1ccc(C(Cl)(Cl)Cl)cc1C(Cl)(Cl)Cl. The lowest BCUT2D eigenvalue weighted by Crippen LogP contribution is -2.12. The van der Waals surface area contributed by atoms with Crippen molar-refractivity contribution in [2.75, 3.05) is 0 Å². The predicted molar refractivity (Wildman–Crippen MR) is 162 cm³/mol. The van der Waals surface area contributed by atoms with E-state index in [-0.39, 0.29) is 22.3 Å². The zero-order valence-corrected chi connectivity index (χ0v) is 29.8. The molecule has 0 aliphatic rings. The summed E-state index contributed by atoms with van der Waals surface area (Å²) in [6, 6.07) is 8.81. The van der Waals surface area contributed by atoms with Gasteiger partial charge >= 0.3 is 11.9 Å². The maximum absolute atomic E-state index is 11.1. The van der Waals surface area contributed by atoms with Gasteiger partial charge in [0.15, 0.2) is 4.29 Å². The molecule has 2 rings (SSSR count). The van der Waals surface area contributed by atoms with Gasteiger partial charge in [-0.15, -0.1) is 0 Å². The van der Waals surface area contributed by atoms with Crippen LogP contribution in [0, 0.1) is 0 Å². The van der Waals surface area contributed by atoms with E-state index in [0.29, 0.717) is 5.56 Å². The summed E-state index contributed by atoms with van der Waals surface area (Å²) in [7, 11) is 0. The van der Waals surface area contributed by atoms with Gasteiger partial charge < -0.3 is 10.2 Å². The van der Waals surface area contributed by atoms with Crippen molar-refractivity contribution in [3.8, 4) is 0 Å². The molecular weight excluding hydrogens is 972 g/mol. The maximum atomic E-state index is 11.1. The number of carboxylic acid groups (broad SMARTS) is 2. The van der Waals surface area contributed by atoms with Gasteiger partial charge in [-0.2, -0.15) is 0 Å². The zero-order chi connectivity index (χ0) is 26.9. The fourth-order valence-corrected chi connectivity index (χ4v) is 4.83. The van der Waals surface area contributed by atoms with Gasteiger partial charge in [0.25, 0.3) is 0 Å². The normalized spacial score (nSPS) is 12.6. The first-order valence-electron chi connectivity index (χ1n) is 8.10. The molecule has 2 aromatic rings. The number of benzene rings is 2. The van der Waals surface area contributed by atoms with Crippen molar-refractivity contribution in [3.63, 3.8) is 0 Å². The van der Waals surface area contributed by atoms with Crippen LogP contribution in [0.25, 0.3) is 0 Å². The molecular formula is C18H8Br6Cl6O4. The first kappa shape index (κ1) is 34.0. The van der Waals surface area contributed by atoms with E-state index >= 15 is 0 Å². The molecule has 0 bridgehead atoms. The van der Waals surface area contributed by atoms with Crippen LogP contribution in [0.15, 0.2) is 36.4 Å². The van der Waals surface area contributed by atoms with Crippen LogP contribution in [0.2, 0.25) is 0 Å². The van der Waals surface area contributed by atoms with Crippen LogP contribution >= 0.6 is 165 Å². The second-order valence-electron chi connectivity index (χ2n) is 6.12. The van der Waals surface area contributed by atoms with Crippen LogP contribution in [0.3, 0.4) is 0 Å². The lowest BCUT2D eigenvalue weighted by molar-refractivity contribution is 0.0685. The Hall–Kier alpha value is 2.00. The van der Waals surface area contributed by atoms with Gasteiger partial charge in [-0.25, -0.2) is 9.59 Å². The summed E-state index contributed by atoms with van der Waals surface area (Å²) in [6.07, 6.45) is 0. The van der Waals surface area contributed by atoms with Gasteiger partial charge in [0.05, 0.1) is 11.1 Å². The van der Waals surface area contributed by atoms with Gasteiger partial charge in [0.2, 0.25) is 7.59 Å². The Morgan fingerprint density at radius 2 is 0.971 bits per heavy atom. The van der Waals surface area contributed by atoms with Crippen molar-refractivity contribution < 1.29 is 19.8 Å². The molecule has 2 N–H and O–H groups in total. The quantitative estimate of drug-likeness (QED) is 0.294. The fourth-order valence-electron chi connectivity index (χ4n) is 2.28. The molecule has 0 aromatic heterocycles. The highest BCUT2D eigenvalue weighted by Gasteiger charge is 2.33. The van der Waals surface area contributed by atoms with E-state index < -0.39 is 23.8 Å². The summed E-state index contributed by atoms with van der Waals surface area (Å²) in [5.41, 5.74) is 1.59. The molecule has 0 atom stereocenters. The molecule has 2 aromatic carbocycles. The standard InChI is InChI=1S/C9H4Br6O2.C9H4Cl6O2/c2*10-8(11,12)4-1-2-5(7(16)17)6(3-4)9(13,14)15/h2*1-3H,(H,16,17). The van der Waals surface area contributed by atoms with Gasteiger partial charge in [0.1, 0.15) is 0 Å². The van der Waals surface area contributed by atoms with E-state index in [1.807, 2.05) is 0 Å². The lowest BCUT2D eigenvalue weighted by Gasteiger charge is -2.20. The number of carboxylic acids is 2. The first-order valence-corrected chi connectivity index (χ1v) is 15.1. The molecule has 0 aliphatic heterocycles. The van der Waals surface area contributed by atoms with E-state index in [0.717, 1.165) is 5.56 Å². The monoisotopic (exact) mass is 971 g/mol. The highest BCUT2D eigenvalue weighted by molar-refractivity contribution is 9.39. The smallest absolute Gasteiger partial charge is 0.336 e. The number of aromatic carboxylic acids is 2. The van der Waals surface area contributed by atoms with Crippen molar-refractivity contribution in [2.45, 2.75) is 11.9 Å². The van der Waals surface area contributed by atoms with Crippen LogP contribution in [0.4, 0.5) is 0 Å². The average Bonchev–Trinajstić information content (AvgIpc) is 2.64. The second kappa shape index (κ2) is 12.9. The van der Waals surface area contributed by atoms with Crippen LogP contribution in [-0.2, 0) is 11.9 Å². The van der Waals surface area contributed by atoms with Crippen molar-refractivity contribution in [3.05, 3.63) is 69.8 Å². The van der Waals surface area contributed by atoms with Crippen molar-refractivity contribution in [1.29, 1.82) is 0 Å². The Morgan fingerprint density at radius 1 is 0.588 bits per heavy atom. The molecule has 0 saturated carbocycles. The minimum absolute atomic E-state index is 0.0566. The Kier molecular flexibility index (Phi) is 12.9. The van der Waals surface area contributed by atoms with E-state index in [4.69, 9.17) is 79.8 Å². The molecule has 4 nitrogen and oxygen atoms in total. The van der Waals surface area contributed by atoms with Gasteiger partial charge in [-0.05, 0) is 29.8 Å². The summed E-state index contributed by atoms with van der Waals surface area (Å²) in [6.45, 7) is 0. The summed E-state index contributed by atoms with van der Waals surface area (Å²) in [5, 5.41) is 18.1. The maximum Gasteiger partial charge on any atom is 0.336 e. The molecule has 0 amide bonds. The number of hydrogen-bond acceptors (Lipinski definition) is 2. The predicted octanol–water partition coefficient (Wildman–Crippen LogP) is 11.0. The number of rotatable bonds is 2. The minimum atomic E-state index is -1.92. The highest BCUT2D eigenvalue weighted by atomic mass is 80.0. The number of hydrogen-bond donors (Lipinski definition) is 2. The van der Waals surface area contributed by atoms with Gasteiger partial charge in [0, 0.05) is 16.7 Å². The summed E-state index contributed by atoms with van der Waals surface area (Å²) >= 11 is 54.2. The van der Waals surface area contributed by atoms with Crippen molar-refractivity contribution in [2.24, 2.45) is 0 Å². The Bertz CT molecular complexity index is 989. The first-order chi connectivity index (χ1) is 15.1. The molecule has 0 heterocycles. The fraction of sp³-hybridized carbons (Fsp3) is 0.222. The number of carbonyl (C=O) groups is 2. The molecule has 0 radical (unpaired) electrons. The number of halogens is 12. The molecule has 0 saturated heterocycles. The molecule has 34 heavy (non-hydrogen) atoms. The Morgan fingerprint density at radius 3 is 1.29 bits per heavy atom. The minimum Gasteiger partial charge on any atom is -0.478 e. The van der Waals surface area contributed by atoms with Crippen LogP contribution in [-0.4, -0.2) is 22.2 Å². The van der Waals surface area contributed by atoms with E-state index in [1.54, 1.807) is 18.2 Å². The lowest BCUT2D eigenvalue weighted by atomic mass is 10.1. The van der Waals surface area contributed by atoms with Gasteiger partial charge in [-0.3, -0.25) is 0 Å². The van der Waals surface area contributed by atoms with E-state index in [2.05, 4.69) is 95.6 Å². The molecule has 0 unspecified atom stereocenters. The Labute approximate surface area is 275 Å². The topological polar surface area (TPSA) is 74.6 Å². The highest BCUT2D eigenvalue weighted by Crippen LogP contribution is 2.50. The molecule has 16 heteroatoms. The third kappa shape index (κ3) is 10.3. The second-order valence-corrected chi connectivity index (χ2v) is 24.2.